The highest BCUT2D eigenvalue weighted by molar-refractivity contribution is 6.32. The summed E-state index contributed by atoms with van der Waals surface area (Å²) >= 11 is 6.18. The number of hydrogen-bond donors (Lipinski definition) is 2. The molecule has 2 N–H and O–H groups in total. The highest BCUT2D eigenvalue weighted by Gasteiger charge is 2.14. The first-order chi connectivity index (χ1) is 8.54. The third kappa shape index (κ3) is 2.28. The van der Waals surface area contributed by atoms with E-state index >= 15 is 0 Å². The van der Waals surface area contributed by atoms with Crippen LogP contribution in [0, 0.1) is 20.8 Å². The first-order valence-electron chi connectivity index (χ1n) is 5.97. The van der Waals surface area contributed by atoms with E-state index in [0.717, 1.165) is 17.1 Å². The van der Waals surface area contributed by atoms with E-state index < -0.39 is 0 Å². The second-order valence-corrected chi connectivity index (χ2v) is 4.88. The zero-order valence-corrected chi connectivity index (χ0v) is 11.6. The number of imidazole rings is 1. The summed E-state index contributed by atoms with van der Waals surface area (Å²) in [6, 6.07) is 4.12. The molecule has 2 rings (SSSR count). The molecule has 0 fully saturated rings. The van der Waals surface area contributed by atoms with Gasteiger partial charge < -0.3 is 10.1 Å². The highest BCUT2D eigenvalue weighted by atomic mass is 35.5. The fraction of sp³-hybridized carbons (Fsp3) is 0.357. The number of halogens is 1. The molecule has 96 valence electrons. The number of nitrogens with one attached hydrogen (secondary N) is 1. The van der Waals surface area contributed by atoms with Gasteiger partial charge in [-0.1, -0.05) is 23.7 Å². The van der Waals surface area contributed by atoms with Crippen molar-refractivity contribution in [3.8, 4) is 11.3 Å². The van der Waals surface area contributed by atoms with E-state index in [0.29, 0.717) is 11.6 Å². The van der Waals surface area contributed by atoms with E-state index in [1.807, 2.05) is 6.07 Å². The fourth-order valence-corrected chi connectivity index (χ4v) is 2.27. The molecule has 0 saturated carbocycles. The average molecular weight is 265 g/mol. The predicted octanol–water partition coefficient (Wildman–Crippen LogP) is 3.19. The number of benzene rings is 1. The van der Waals surface area contributed by atoms with Crippen molar-refractivity contribution in [2.45, 2.75) is 27.2 Å². The van der Waals surface area contributed by atoms with Crippen molar-refractivity contribution in [3.05, 3.63) is 39.8 Å². The minimum atomic E-state index is 0.0647. The third-order valence-electron chi connectivity index (χ3n) is 3.37. The van der Waals surface area contributed by atoms with Gasteiger partial charge in [0.15, 0.2) is 0 Å². The summed E-state index contributed by atoms with van der Waals surface area (Å²) in [4.78, 5) is 7.45. The van der Waals surface area contributed by atoms with Gasteiger partial charge in [-0.15, -0.1) is 0 Å². The smallest absolute Gasteiger partial charge is 0.134 e. The summed E-state index contributed by atoms with van der Waals surface area (Å²) in [6.45, 7) is 6.34. The van der Waals surface area contributed by atoms with Crippen LogP contribution in [0.3, 0.4) is 0 Å². The van der Waals surface area contributed by atoms with E-state index in [-0.39, 0.29) is 6.61 Å². The summed E-state index contributed by atoms with van der Waals surface area (Å²) in [7, 11) is 0. The van der Waals surface area contributed by atoms with Gasteiger partial charge in [-0.3, -0.25) is 0 Å². The van der Waals surface area contributed by atoms with Gasteiger partial charge in [0.2, 0.25) is 0 Å². The van der Waals surface area contributed by atoms with Crippen LogP contribution in [-0.4, -0.2) is 21.7 Å². The summed E-state index contributed by atoms with van der Waals surface area (Å²) in [5.41, 5.74) is 5.52. The summed E-state index contributed by atoms with van der Waals surface area (Å²) < 4.78 is 0. The second kappa shape index (κ2) is 5.12. The number of aromatic nitrogens is 2. The van der Waals surface area contributed by atoms with Gasteiger partial charge in [0.25, 0.3) is 0 Å². The minimum Gasteiger partial charge on any atom is -0.396 e. The molecule has 2 aromatic rings. The molecular formula is C14H17ClN2O. The van der Waals surface area contributed by atoms with Crippen molar-refractivity contribution in [2.24, 2.45) is 0 Å². The van der Waals surface area contributed by atoms with E-state index in [1.165, 1.54) is 16.7 Å². The van der Waals surface area contributed by atoms with E-state index in [4.69, 9.17) is 16.7 Å². The number of aliphatic hydroxyl groups excluding tert-OH is 1. The Morgan fingerprint density at radius 3 is 2.61 bits per heavy atom. The molecule has 0 aliphatic heterocycles. The van der Waals surface area contributed by atoms with Crippen LogP contribution in [0.15, 0.2) is 12.1 Å². The SMILES string of the molecule is Cc1ccc(-c2nc(CCO)[nH]c2Cl)c(C)c1C. The lowest BCUT2D eigenvalue weighted by Gasteiger charge is -2.09. The lowest BCUT2D eigenvalue weighted by Crippen LogP contribution is -1.93. The molecule has 0 aliphatic rings. The Bertz CT molecular complexity index is 575. The summed E-state index contributed by atoms with van der Waals surface area (Å²) in [5, 5.41) is 9.45. The van der Waals surface area contributed by atoms with Gasteiger partial charge >= 0.3 is 0 Å². The monoisotopic (exact) mass is 264 g/mol. The molecule has 1 heterocycles. The van der Waals surface area contributed by atoms with Crippen molar-refractivity contribution in [2.75, 3.05) is 6.61 Å². The molecule has 0 aliphatic carbocycles. The number of aliphatic hydroxyl groups is 1. The highest BCUT2D eigenvalue weighted by Crippen LogP contribution is 2.30. The van der Waals surface area contributed by atoms with Crippen LogP contribution in [0.4, 0.5) is 0 Å². The molecule has 0 saturated heterocycles. The molecule has 1 aromatic heterocycles. The Morgan fingerprint density at radius 2 is 1.94 bits per heavy atom. The van der Waals surface area contributed by atoms with Gasteiger partial charge in [-0.2, -0.15) is 0 Å². The Balaban J connectivity index is 2.52. The van der Waals surface area contributed by atoms with Crippen LogP contribution in [0.1, 0.15) is 22.5 Å². The molecule has 0 spiro atoms. The Labute approximate surface area is 112 Å². The van der Waals surface area contributed by atoms with Crippen molar-refractivity contribution < 1.29 is 5.11 Å². The van der Waals surface area contributed by atoms with Gasteiger partial charge in [0, 0.05) is 12.0 Å². The molecule has 0 radical (unpaired) electrons. The Morgan fingerprint density at radius 1 is 1.22 bits per heavy atom. The third-order valence-corrected chi connectivity index (χ3v) is 3.64. The molecule has 0 amide bonds. The quantitative estimate of drug-likeness (QED) is 0.894. The molecule has 4 heteroatoms. The maximum Gasteiger partial charge on any atom is 0.134 e. The van der Waals surface area contributed by atoms with Crippen LogP contribution in [0.2, 0.25) is 5.15 Å². The standard InChI is InChI=1S/C14H17ClN2O/c1-8-4-5-11(10(3)9(8)2)13-14(15)17-12(16-13)6-7-18/h4-5,18H,6-7H2,1-3H3,(H,16,17). The number of aromatic amines is 1. The van der Waals surface area contributed by atoms with Gasteiger partial charge in [-0.05, 0) is 37.5 Å². The van der Waals surface area contributed by atoms with Crippen LogP contribution in [0.5, 0.6) is 0 Å². The lowest BCUT2D eigenvalue weighted by molar-refractivity contribution is 0.297. The minimum absolute atomic E-state index is 0.0647. The van der Waals surface area contributed by atoms with Gasteiger partial charge in [-0.25, -0.2) is 4.98 Å². The van der Waals surface area contributed by atoms with Crippen LogP contribution in [-0.2, 0) is 6.42 Å². The fourth-order valence-electron chi connectivity index (χ4n) is 2.01. The van der Waals surface area contributed by atoms with Crippen molar-refractivity contribution in [3.63, 3.8) is 0 Å². The number of nitrogens with zero attached hydrogens (tertiary/aromatic N) is 1. The predicted molar refractivity (Wildman–Crippen MR) is 74.0 cm³/mol. The number of hydrogen-bond acceptors (Lipinski definition) is 2. The Hall–Kier alpha value is -1.32. The summed E-state index contributed by atoms with van der Waals surface area (Å²) in [5.74, 6) is 0.718. The van der Waals surface area contributed by atoms with Crippen LogP contribution < -0.4 is 0 Å². The summed E-state index contributed by atoms with van der Waals surface area (Å²) in [6.07, 6.45) is 0.490. The van der Waals surface area contributed by atoms with Gasteiger partial charge in [0.1, 0.15) is 16.7 Å². The number of aryl methyl sites for hydroxylation is 1. The van der Waals surface area contributed by atoms with Crippen molar-refractivity contribution in [1.82, 2.24) is 9.97 Å². The first kappa shape index (κ1) is 13.1. The largest absolute Gasteiger partial charge is 0.396 e. The van der Waals surface area contributed by atoms with Crippen LogP contribution in [0.25, 0.3) is 11.3 Å². The van der Waals surface area contributed by atoms with Crippen LogP contribution >= 0.6 is 11.6 Å². The maximum absolute atomic E-state index is 8.92. The number of rotatable bonds is 3. The average Bonchev–Trinajstić information content (AvgIpc) is 2.68. The van der Waals surface area contributed by atoms with E-state index in [1.54, 1.807) is 0 Å². The molecule has 0 bridgehead atoms. The second-order valence-electron chi connectivity index (χ2n) is 4.50. The molecule has 0 atom stereocenters. The normalized spacial score (nSPS) is 10.9. The van der Waals surface area contributed by atoms with Crippen molar-refractivity contribution in [1.29, 1.82) is 0 Å². The molecule has 0 unspecified atom stereocenters. The molecule has 1 aromatic carbocycles. The topological polar surface area (TPSA) is 48.9 Å². The van der Waals surface area contributed by atoms with E-state index in [2.05, 4.69) is 36.8 Å². The lowest BCUT2D eigenvalue weighted by atomic mass is 9.97. The van der Waals surface area contributed by atoms with E-state index in [9.17, 15) is 0 Å². The molecule has 18 heavy (non-hydrogen) atoms. The van der Waals surface area contributed by atoms with Gasteiger partial charge in [0.05, 0.1) is 6.61 Å². The maximum atomic E-state index is 8.92. The zero-order chi connectivity index (χ0) is 13.3. The molecule has 3 nitrogen and oxygen atoms in total. The number of H-pyrrole nitrogens is 1. The zero-order valence-electron chi connectivity index (χ0n) is 10.8. The first-order valence-corrected chi connectivity index (χ1v) is 6.34. The Kier molecular flexibility index (Phi) is 3.73. The molecular weight excluding hydrogens is 248 g/mol. The van der Waals surface area contributed by atoms with Crippen molar-refractivity contribution >= 4 is 11.6 Å².